The van der Waals surface area contributed by atoms with Gasteiger partial charge in [-0.3, -0.25) is 9.48 Å². The van der Waals surface area contributed by atoms with Crippen molar-refractivity contribution < 1.29 is 22.1 Å². The maximum atomic E-state index is 13.2. The Morgan fingerprint density at radius 1 is 1.26 bits per heavy atom. The van der Waals surface area contributed by atoms with Crippen molar-refractivity contribution in [1.82, 2.24) is 24.8 Å². The summed E-state index contributed by atoms with van der Waals surface area (Å²) in [6.45, 7) is 1.96. The molecule has 5 rings (SSSR count). The molecule has 0 saturated carbocycles. The lowest BCUT2D eigenvalue weighted by molar-refractivity contribution is 0.0497. The molecule has 162 valence electrons. The van der Waals surface area contributed by atoms with E-state index in [1.807, 2.05) is 6.92 Å². The van der Waals surface area contributed by atoms with Gasteiger partial charge in [0.25, 0.3) is 5.91 Å². The molecule has 0 N–H and O–H groups in total. The number of sulfone groups is 1. The number of carbonyl (C=O) groups is 1. The monoisotopic (exact) mass is 445 g/mol. The molecular weight excluding hydrogens is 425 g/mol. The standard InChI is InChI=1S/C20H20FN5O4S/c1-12-9-16(23-25(12)2)19(27)26-10-20(11-26)15(7-8-31(20,28)29)18-22-17(24-30-18)13-3-5-14(21)6-4-13/h3-6,9,15H,7-8,10-11H2,1-2H3. The predicted molar refractivity (Wildman–Crippen MR) is 107 cm³/mol. The van der Waals surface area contributed by atoms with Crippen LogP contribution in [0.1, 0.15) is 34.4 Å². The topological polar surface area (TPSA) is 111 Å². The van der Waals surface area contributed by atoms with E-state index in [1.165, 1.54) is 29.2 Å². The van der Waals surface area contributed by atoms with Gasteiger partial charge in [0.1, 0.15) is 10.6 Å². The molecule has 2 aliphatic rings. The van der Waals surface area contributed by atoms with Crippen LogP contribution in [-0.4, -0.2) is 62.7 Å². The second-order valence-corrected chi connectivity index (χ2v) is 10.6. The van der Waals surface area contributed by atoms with Crippen molar-refractivity contribution in [2.24, 2.45) is 7.05 Å². The van der Waals surface area contributed by atoms with Gasteiger partial charge in [-0.25, -0.2) is 12.8 Å². The zero-order valence-corrected chi connectivity index (χ0v) is 17.8. The normalized spacial score (nSPS) is 21.4. The van der Waals surface area contributed by atoms with Gasteiger partial charge >= 0.3 is 0 Å². The van der Waals surface area contributed by atoms with E-state index in [0.29, 0.717) is 12.0 Å². The molecular formula is C20H20FN5O4S. The lowest BCUT2D eigenvalue weighted by Gasteiger charge is -2.48. The number of nitrogens with zero attached hydrogens (tertiary/aromatic N) is 5. The number of carbonyl (C=O) groups excluding carboxylic acids is 1. The third-order valence-corrected chi connectivity index (χ3v) is 8.86. The van der Waals surface area contributed by atoms with Gasteiger partial charge in [-0.15, -0.1) is 0 Å². The highest BCUT2D eigenvalue weighted by molar-refractivity contribution is 7.93. The Morgan fingerprint density at radius 3 is 2.61 bits per heavy atom. The second-order valence-electron chi connectivity index (χ2n) is 8.14. The number of aryl methyl sites for hydroxylation is 2. The molecule has 0 aliphatic carbocycles. The fraction of sp³-hybridized carbons (Fsp3) is 0.400. The van der Waals surface area contributed by atoms with E-state index in [-0.39, 0.29) is 48.0 Å². The Labute approximate surface area is 177 Å². The number of likely N-dealkylation sites (tertiary alicyclic amines) is 1. The molecule has 0 bridgehead atoms. The van der Waals surface area contributed by atoms with Gasteiger partial charge in [0.2, 0.25) is 11.7 Å². The van der Waals surface area contributed by atoms with E-state index >= 15 is 0 Å². The average molecular weight is 445 g/mol. The fourth-order valence-electron chi connectivity index (χ4n) is 4.39. The summed E-state index contributed by atoms with van der Waals surface area (Å²) in [4.78, 5) is 18.7. The van der Waals surface area contributed by atoms with E-state index in [4.69, 9.17) is 4.52 Å². The lowest BCUT2D eigenvalue weighted by atomic mass is 9.83. The zero-order chi connectivity index (χ0) is 22.0. The van der Waals surface area contributed by atoms with E-state index in [9.17, 15) is 17.6 Å². The Hall–Kier alpha value is -3.08. The molecule has 31 heavy (non-hydrogen) atoms. The highest BCUT2D eigenvalue weighted by Crippen LogP contribution is 2.49. The zero-order valence-electron chi connectivity index (χ0n) is 16.9. The molecule has 9 nitrogen and oxygen atoms in total. The van der Waals surface area contributed by atoms with Crippen LogP contribution in [0.25, 0.3) is 11.4 Å². The summed E-state index contributed by atoms with van der Waals surface area (Å²) >= 11 is 0. The third kappa shape index (κ3) is 2.98. The molecule has 3 aromatic rings. The van der Waals surface area contributed by atoms with Gasteiger partial charge in [0, 0.05) is 31.4 Å². The third-order valence-electron chi connectivity index (χ3n) is 6.31. The second kappa shape index (κ2) is 6.71. The highest BCUT2D eigenvalue weighted by Gasteiger charge is 2.64. The smallest absolute Gasteiger partial charge is 0.274 e. The van der Waals surface area contributed by atoms with Gasteiger partial charge in [-0.2, -0.15) is 10.1 Å². The number of aromatic nitrogens is 4. The Balaban J connectivity index is 1.41. The highest BCUT2D eigenvalue weighted by atomic mass is 32.2. The van der Waals surface area contributed by atoms with Crippen LogP contribution >= 0.6 is 0 Å². The molecule has 2 aromatic heterocycles. The minimum Gasteiger partial charge on any atom is -0.339 e. The van der Waals surface area contributed by atoms with Crippen molar-refractivity contribution in [3.8, 4) is 11.4 Å². The molecule has 2 fully saturated rings. The Bertz CT molecular complexity index is 1260. The molecule has 2 saturated heterocycles. The van der Waals surface area contributed by atoms with Crippen LogP contribution in [0.2, 0.25) is 0 Å². The maximum absolute atomic E-state index is 13.2. The maximum Gasteiger partial charge on any atom is 0.274 e. The van der Waals surface area contributed by atoms with Gasteiger partial charge in [0.05, 0.1) is 11.7 Å². The minimum absolute atomic E-state index is 0.00332. The lowest BCUT2D eigenvalue weighted by Crippen LogP contribution is -2.67. The van der Waals surface area contributed by atoms with E-state index < -0.39 is 20.5 Å². The molecule has 1 unspecified atom stereocenters. The summed E-state index contributed by atoms with van der Waals surface area (Å²) in [6, 6.07) is 7.33. The number of halogens is 1. The van der Waals surface area contributed by atoms with Crippen LogP contribution in [-0.2, 0) is 16.9 Å². The van der Waals surface area contributed by atoms with E-state index in [1.54, 1.807) is 17.8 Å². The number of amides is 1. The Morgan fingerprint density at radius 2 is 1.97 bits per heavy atom. The van der Waals surface area contributed by atoms with Crippen LogP contribution in [0.3, 0.4) is 0 Å². The van der Waals surface area contributed by atoms with Crippen LogP contribution in [0.15, 0.2) is 34.9 Å². The van der Waals surface area contributed by atoms with Crippen LogP contribution < -0.4 is 0 Å². The first-order valence-corrected chi connectivity index (χ1v) is 11.5. The largest absolute Gasteiger partial charge is 0.339 e. The first kappa shape index (κ1) is 19.9. The summed E-state index contributed by atoms with van der Waals surface area (Å²) in [5, 5.41) is 8.14. The summed E-state index contributed by atoms with van der Waals surface area (Å²) in [6.07, 6.45) is 0.345. The molecule has 4 heterocycles. The van der Waals surface area contributed by atoms with Crippen molar-refractivity contribution >= 4 is 15.7 Å². The molecule has 1 atom stereocenters. The molecule has 11 heteroatoms. The van der Waals surface area contributed by atoms with Crippen LogP contribution in [0.4, 0.5) is 4.39 Å². The first-order chi connectivity index (χ1) is 14.7. The molecule has 1 aromatic carbocycles. The molecule has 0 radical (unpaired) electrons. The Kier molecular flexibility index (Phi) is 4.30. The molecule has 1 amide bonds. The van der Waals surface area contributed by atoms with Gasteiger partial charge < -0.3 is 9.42 Å². The quantitative estimate of drug-likeness (QED) is 0.603. The minimum atomic E-state index is -3.46. The summed E-state index contributed by atoms with van der Waals surface area (Å²) in [7, 11) is -1.71. The van der Waals surface area contributed by atoms with E-state index in [0.717, 1.165) is 5.69 Å². The van der Waals surface area contributed by atoms with Crippen molar-refractivity contribution in [2.45, 2.75) is 24.0 Å². The predicted octanol–water partition coefficient (Wildman–Crippen LogP) is 1.71. The van der Waals surface area contributed by atoms with Crippen molar-refractivity contribution in [3.63, 3.8) is 0 Å². The summed E-state index contributed by atoms with van der Waals surface area (Å²) < 4.78 is 44.9. The van der Waals surface area contributed by atoms with Gasteiger partial charge in [0.15, 0.2) is 15.5 Å². The molecule has 1 spiro atoms. The van der Waals surface area contributed by atoms with Gasteiger partial charge in [-0.05, 0) is 43.7 Å². The van der Waals surface area contributed by atoms with Crippen molar-refractivity contribution in [2.75, 3.05) is 18.8 Å². The number of benzene rings is 1. The first-order valence-electron chi connectivity index (χ1n) is 9.82. The van der Waals surface area contributed by atoms with E-state index in [2.05, 4.69) is 15.2 Å². The van der Waals surface area contributed by atoms with Crippen LogP contribution in [0.5, 0.6) is 0 Å². The SMILES string of the molecule is Cc1cc(C(=O)N2CC3(C2)C(c2nc(-c4ccc(F)cc4)no2)CCS3(=O)=O)nn1C. The summed E-state index contributed by atoms with van der Waals surface area (Å²) in [5.41, 5.74) is 1.70. The van der Waals surface area contributed by atoms with Crippen molar-refractivity contribution in [3.05, 3.63) is 53.4 Å². The fourth-order valence-corrected chi connectivity index (χ4v) is 6.69. The van der Waals surface area contributed by atoms with Crippen LogP contribution in [0, 0.1) is 12.7 Å². The summed E-state index contributed by atoms with van der Waals surface area (Å²) in [5.74, 6) is -0.694. The van der Waals surface area contributed by atoms with Gasteiger partial charge in [-0.1, -0.05) is 5.16 Å². The number of rotatable bonds is 3. The number of hydrogen-bond acceptors (Lipinski definition) is 7. The number of hydrogen-bond donors (Lipinski definition) is 0. The van der Waals surface area contributed by atoms with Crippen molar-refractivity contribution in [1.29, 1.82) is 0 Å². The average Bonchev–Trinajstić information content (AvgIpc) is 3.37. The molecule has 2 aliphatic heterocycles.